The smallest absolute Gasteiger partial charge is 0.122 e. The number of benzene rings is 2. The van der Waals surface area contributed by atoms with Crippen molar-refractivity contribution >= 4 is 15.9 Å². The third kappa shape index (κ3) is 3.46. The summed E-state index contributed by atoms with van der Waals surface area (Å²) in [6.07, 6.45) is -0.669. The summed E-state index contributed by atoms with van der Waals surface area (Å²) in [5.74, 6) is 0.628. The molecule has 0 saturated carbocycles. The van der Waals surface area contributed by atoms with Crippen molar-refractivity contribution in [3.63, 3.8) is 0 Å². The summed E-state index contributed by atoms with van der Waals surface area (Å²) >= 11 is 3.48. The van der Waals surface area contributed by atoms with E-state index in [0.29, 0.717) is 6.54 Å². The number of aliphatic hydroxyl groups excluding tert-OH is 1. The van der Waals surface area contributed by atoms with Gasteiger partial charge in [-0.2, -0.15) is 0 Å². The molecular weight excluding hydrogens is 330 g/mol. The molecule has 0 radical (unpaired) electrons. The fourth-order valence-electron chi connectivity index (χ4n) is 2.45. The van der Waals surface area contributed by atoms with Gasteiger partial charge in [-0.05, 0) is 35.7 Å². The number of halogens is 1. The standard InChI is InChI=1S/C17H20BrNO2/c1-11-7-8-12(9-16(11)21-2)14(10-19)17(20)13-5-3-4-6-15(13)18/h3-9,14,17,20H,10,19H2,1-2H3. The van der Waals surface area contributed by atoms with E-state index in [4.69, 9.17) is 10.5 Å². The topological polar surface area (TPSA) is 55.5 Å². The molecule has 0 heterocycles. The Balaban J connectivity index is 2.37. The number of rotatable bonds is 5. The monoisotopic (exact) mass is 349 g/mol. The summed E-state index contributed by atoms with van der Waals surface area (Å²) in [5, 5.41) is 10.7. The molecule has 2 rings (SSSR count). The summed E-state index contributed by atoms with van der Waals surface area (Å²) in [4.78, 5) is 0. The quantitative estimate of drug-likeness (QED) is 0.867. The van der Waals surface area contributed by atoms with E-state index in [1.54, 1.807) is 7.11 Å². The van der Waals surface area contributed by atoms with Crippen molar-refractivity contribution < 1.29 is 9.84 Å². The van der Waals surface area contributed by atoms with Crippen LogP contribution in [0.25, 0.3) is 0 Å². The van der Waals surface area contributed by atoms with Gasteiger partial charge in [-0.3, -0.25) is 0 Å². The second-order valence-corrected chi connectivity index (χ2v) is 5.89. The number of aliphatic hydroxyl groups is 1. The lowest BCUT2D eigenvalue weighted by atomic mass is 9.88. The Morgan fingerprint density at radius 3 is 2.57 bits per heavy atom. The van der Waals surface area contributed by atoms with Gasteiger partial charge in [0.05, 0.1) is 13.2 Å². The van der Waals surface area contributed by atoms with Crippen molar-refractivity contribution in [2.24, 2.45) is 5.73 Å². The predicted octanol–water partition coefficient (Wildman–Crippen LogP) is 3.54. The van der Waals surface area contributed by atoms with Crippen LogP contribution in [0.4, 0.5) is 0 Å². The Hall–Kier alpha value is -1.36. The molecule has 0 spiro atoms. The molecule has 2 unspecified atom stereocenters. The maximum Gasteiger partial charge on any atom is 0.122 e. The number of aryl methyl sites for hydroxylation is 1. The van der Waals surface area contributed by atoms with E-state index < -0.39 is 6.10 Å². The van der Waals surface area contributed by atoms with Crippen molar-refractivity contribution in [1.29, 1.82) is 0 Å². The van der Waals surface area contributed by atoms with Crippen LogP contribution in [-0.2, 0) is 0 Å². The fraction of sp³-hybridized carbons (Fsp3) is 0.294. The minimum atomic E-state index is -0.669. The lowest BCUT2D eigenvalue weighted by Crippen LogP contribution is -2.20. The largest absolute Gasteiger partial charge is 0.496 e. The molecule has 0 aliphatic rings. The molecule has 0 aromatic heterocycles. The van der Waals surface area contributed by atoms with Crippen LogP contribution < -0.4 is 10.5 Å². The number of nitrogens with two attached hydrogens (primary N) is 1. The highest BCUT2D eigenvalue weighted by Crippen LogP contribution is 2.35. The van der Waals surface area contributed by atoms with E-state index in [-0.39, 0.29) is 5.92 Å². The first-order valence-electron chi connectivity index (χ1n) is 6.85. The molecule has 0 bridgehead atoms. The zero-order valence-electron chi connectivity index (χ0n) is 12.2. The molecule has 4 heteroatoms. The summed E-state index contributed by atoms with van der Waals surface area (Å²) in [7, 11) is 1.65. The van der Waals surface area contributed by atoms with Crippen LogP contribution in [0.2, 0.25) is 0 Å². The fourth-order valence-corrected chi connectivity index (χ4v) is 2.97. The Bertz CT molecular complexity index is 615. The van der Waals surface area contributed by atoms with Gasteiger partial charge in [0.2, 0.25) is 0 Å². The summed E-state index contributed by atoms with van der Waals surface area (Å²) < 4.78 is 6.24. The van der Waals surface area contributed by atoms with Crippen molar-refractivity contribution in [3.05, 3.63) is 63.6 Å². The second-order valence-electron chi connectivity index (χ2n) is 5.04. The van der Waals surface area contributed by atoms with E-state index in [9.17, 15) is 5.11 Å². The van der Waals surface area contributed by atoms with Crippen LogP contribution in [0.3, 0.4) is 0 Å². The molecule has 2 aromatic carbocycles. The third-order valence-corrected chi connectivity index (χ3v) is 4.44. The molecule has 0 aliphatic carbocycles. The van der Waals surface area contributed by atoms with Gasteiger partial charge in [0.15, 0.2) is 0 Å². The van der Waals surface area contributed by atoms with Crippen molar-refractivity contribution in [2.45, 2.75) is 18.9 Å². The molecule has 21 heavy (non-hydrogen) atoms. The Kier molecular flexibility index (Phi) is 5.39. The third-order valence-electron chi connectivity index (χ3n) is 3.72. The van der Waals surface area contributed by atoms with Gasteiger partial charge in [0.1, 0.15) is 5.75 Å². The van der Waals surface area contributed by atoms with Gasteiger partial charge in [-0.15, -0.1) is 0 Å². The predicted molar refractivity (Wildman–Crippen MR) is 88.6 cm³/mol. The van der Waals surface area contributed by atoms with E-state index >= 15 is 0 Å². The average Bonchev–Trinajstić information content (AvgIpc) is 2.49. The minimum Gasteiger partial charge on any atom is -0.496 e. The number of hydrogen-bond acceptors (Lipinski definition) is 3. The molecule has 112 valence electrons. The van der Waals surface area contributed by atoms with Gasteiger partial charge in [0.25, 0.3) is 0 Å². The first kappa shape index (κ1) is 16.0. The lowest BCUT2D eigenvalue weighted by molar-refractivity contribution is 0.146. The van der Waals surface area contributed by atoms with Crippen LogP contribution in [-0.4, -0.2) is 18.8 Å². The van der Waals surface area contributed by atoms with Gasteiger partial charge < -0.3 is 15.6 Å². The lowest BCUT2D eigenvalue weighted by Gasteiger charge is -2.24. The molecule has 3 nitrogen and oxygen atoms in total. The highest BCUT2D eigenvalue weighted by atomic mass is 79.9. The van der Waals surface area contributed by atoms with Gasteiger partial charge in [-0.1, -0.05) is 46.3 Å². The SMILES string of the molecule is COc1cc(C(CN)C(O)c2ccccc2Br)ccc1C. The molecule has 2 aromatic rings. The molecular formula is C17H20BrNO2. The summed E-state index contributed by atoms with van der Waals surface area (Å²) in [6, 6.07) is 13.6. The van der Waals surface area contributed by atoms with Crippen molar-refractivity contribution in [3.8, 4) is 5.75 Å². The molecule has 3 N–H and O–H groups in total. The van der Waals surface area contributed by atoms with Crippen molar-refractivity contribution in [2.75, 3.05) is 13.7 Å². The van der Waals surface area contributed by atoms with Gasteiger partial charge >= 0.3 is 0 Å². The Morgan fingerprint density at radius 2 is 1.95 bits per heavy atom. The maximum absolute atomic E-state index is 10.7. The van der Waals surface area contributed by atoms with E-state index in [1.165, 1.54) is 0 Å². The second kappa shape index (κ2) is 7.07. The molecule has 0 amide bonds. The number of ether oxygens (including phenoxy) is 1. The van der Waals surface area contributed by atoms with Crippen LogP contribution in [0.1, 0.15) is 28.7 Å². The highest BCUT2D eigenvalue weighted by molar-refractivity contribution is 9.10. The first-order chi connectivity index (χ1) is 10.1. The average molecular weight is 350 g/mol. The zero-order valence-corrected chi connectivity index (χ0v) is 13.8. The zero-order chi connectivity index (χ0) is 15.4. The number of hydrogen-bond donors (Lipinski definition) is 2. The number of methoxy groups -OCH3 is 1. The first-order valence-corrected chi connectivity index (χ1v) is 7.65. The van der Waals surface area contributed by atoms with E-state index in [0.717, 1.165) is 26.9 Å². The van der Waals surface area contributed by atoms with Gasteiger partial charge in [0, 0.05) is 16.9 Å². The maximum atomic E-state index is 10.7. The van der Waals surface area contributed by atoms with Crippen LogP contribution >= 0.6 is 15.9 Å². The minimum absolute atomic E-state index is 0.182. The van der Waals surface area contributed by atoms with E-state index in [2.05, 4.69) is 15.9 Å². The van der Waals surface area contributed by atoms with Gasteiger partial charge in [-0.25, -0.2) is 0 Å². The van der Waals surface area contributed by atoms with Crippen LogP contribution in [0, 0.1) is 6.92 Å². The normalized spacial score (nSPS) is 13.8. The Labute approximate surface area is 133 Å². The van der Waals surface area contributed by atoms with E-state index in [1.807, 2.05) is 49.4 Å². The van der Waals surface area contributed by atoms with Crippen LogP contribution in [0.5, 0.6) is 5.75 Å². The summed E-state index contributed by atoms with van der Waals surface area (Å²) in [5.41, 5.74) is 8.78. The highest BCUT2D eigenvalue weighted by Gasteiger charge is 2.23. The molecule has 2 atom stereocenters. The molecule has 0 fully saturated rings. The van der Waals surface area contributed by atoms with Crippen molar-refractivity contribution in [1.82, 2.24) is 0 Å². The molecule has 0 aliphatic heterocycles. The molecule has 0 saturated heterocycles. The summed E-state index contributed by atoms with van der Waals surface area (Å²) in [6.45, 7) is 2.35. The Morgan fingerprint density at radius 1 is 1.24 bits per heavy atom. The van der Waals surface area contributed by atoms with Crippen LogP contribution in [0.15, 0.2) is 46.9 Å².